The summed E-state index contributed by atoms with van der Waals surface area (Å²) in [4.78, 5) is 8.44. The van der Waals surface area contributed by atoms with Crippen molar-refractivity contribution >= 4 is 18.1 Å². The van der Waals surface area contributed by atoms with Crippen LogP contribution in [0.25, 0.3) is 0 Å². The van der Waals surface area contributed by atoms with Crippen LogP contribution in [-0.2, 0) is 0 Å². The first kappa shape index (κ1) is 12.2. The van der Waals surface area contributed by atoms with Gasteiger partial charge in [-0.2, -0.15) is 0 Å². The molecule has 1 aromatic rings. The highest BCUT2D eigenvalue weighted by atomic mass is 14.8. The van der Waals surface area contributed by atoms with Crippen LogP contribution < -0.4 is 5.32 Å². The quantitative estimate of drug-likeness (QED) is 0.594. The van der Waals surface area contributed by atoms with Crippen molar-refractivity contribution in [2.45, 2.75) is 6.92 Å². The van der Waals surface area contributed by atoms with Gasteiger partial charge in [0.05, 0.1) is 5.69 Å². The van der Waals surface area contributed by atoms with Crippen LogP contribution >= 0.6 is 0 Å². The van der Waals surface area contributed by atoms with Crippen molar-refractivity contribution in [3.05, 3.63) is 42.1 Å². The van der Waals surface area contributed by atoms with Crippen molar-refractivity contribution < 1.29 is 0 Å². The molecule has 16 heavy (non-hydrogen) atoms. The van der Waals surface area contributed by atoms with Crippen LogP contribution in [-0.4, -0.2) is 26.0 Å². The number of rotatable bonds is 5. The Morgan fingerprint density at radius 2 is 2.25 bits per heavy atom. The number of nitrogens with zero attached hydrogens (tertiary/aromatic N) is 2. The number of hydrogen-bond donors (Lipinski definition) is 1. The van der Waals surface area contributed by atoms with E-state index >= 15 is 0 Å². The van der Waals surface area contributed by atoms with Crippen LogP contribution in [0.15, 0.2) is 41.0 Å². The molecule has 3 heteroatoms. The van der Waals surface area contributed by atoms with E-state index in [1.54, 1.807) is 13.2 Å². The molecule has 0 aromatic heterocycles. The van der Waals surface area contributed by atoms with E-state index in [4.69, 9.17) is 0 Å². The van der Waals surface area contributed by atoms with Gasteiger partial charge in [-0.1, -0.05) is 18.7 Å². The van der Waals surface area contributed by atoms with Gasteiger partial charge in [0.25, 0.3) is 0 Å². The second kappa shape index (κ2) is 6.56. The summed E-state index contributed by atoms with van der Waals surface area (Å²) in [6, 6.07) is 6.03. The second-order valence-corrected chi connectivity index (χ2v) is 3.32. The molecule has 1 aromatic carbocycles. The highest BCUT2D eigenvalue weighted by Crippen LogP contribution is 2.20. The molecule has 0 aliphatic rings. The SMILES string of the molecule is C=CNC/C=N/c1cccc(C)c1/C=N\C. The van der Waals surface area contributed by atoms with Crippen molar-refractivity contribution in [1.29, 1.82) is 0 Å². The molecule has 0 radical (unpaired) electrons. The molecular weight excluding hydrogens is 198 g/mol. The molecule has 1 N–H and O–H groups in total. The lowest BCUT2D eigenvalue weighted by Gasteiger charge is -2.03. The lowest BCUT2D eigenvalue weighted by atomic mass is 10.1. The Labute approximate surface area is 96.6 Å². The van der Waals surface area contributed by atoms with Crippen LogP contribution in [0.5, 0.6) is 0 Å². The van der Waals surface area contributed by atoms with Gasteiger partial charge in [-0.3, -0.25) is 9.98 Å². The van der Waals surface area contributed by atoms with Crippen molar-refractivity contribution in [3.63, 3.8) is 0 Å². The van der Waals surface area contributed by atoms with E-state index < -0.39 is 0 Å². The molecule has 0 aliphatic carbocycles. The molecule has 0 saturated carbocycles. The van der Waals surface area contributed by atoms with Crippen LogP contribution in [0.4, 0.5) is 5.69 Å². The molecule has 1 rings (SSSR count). The van der Waals surface area contributed by atoms with Gasteiger partial charge in [0.1, 0.15) is 0 Å². The number of nitrogens with one attached hydrogen (secondary N) is 1. The highest BCUT2D eigenvalue weighted by molar-refractivity contribution is 5.89. The predicted molar refractivity (Wildman–Crippen MR) is 71.0 cm³/mol. The zero-order valence-corrected chi connectivity index (χ0v) is 9.77. The molecule has 0 heterocycles. The lowest BCUT2D eigenvalue weighted by Crippen LogP contribution is -2.06. The topological polar surface area (TPSA) is 36.8 Å². The van der Waals surface area contributed by atoms with Crippen molar-refractivity contribution in [3.8, 4) is 0 Å². The average Bonchev–Trinajstić information content (AvgIpc) is 2.29. The van der Waals surface area contributed by atoms with Crippen LogP contribution in [0, 0.1) is 6.92 Å². The maximum atomic E-state index is 4.40. The lowest BCUT2D eigenvalue weighted by molar-refractivity contribution is 1.03. The Bertz CT molecular complexity index is 406. The predicted octanol–water partition coefficient (Wildman–Crippen LogP) is 2.48. The first-order valence-corrected chi connectivity index (χ1v) is 5.18. The summed E-state index contributed by atoms with van der Waals surface area (Å²) in [5.41, 5.74) is 3.19. The number of hydrogen-bond acceptors (Lipinski definition) is 3. The Morgan fingerprint density at radius 1 is 1.44 bits per heavy atom. The molecule has 0 bridgehead atoms. The Balaban J connectivity index is 2.90. The summed E-state index contributed by atoms with van der Waals surface area (Å²) in [7, 11) is 1.76. The summed E-state index contributed by atoms with van der Waals surface area (Å²) < 4.78 is 0. The fraction of sp³-hybridized carbons (Fsp3) is 0.231. The number of aliphatic imine (C=N–C) groups is 2. The minimum absolute atomic E-state index is 0.681. The maximum Gasteiger partial charge on any atom is 0.0716 e. The van der Waals surface area contributed by atoms with Gasteiger partial charge in [0.2, 0.25) is 0 Å². The van der Waals surface area contributed by atoms with Crippen molar-refractivity contribution in [2.75, 3.05) is 13.6 Å². The summed E-state index contributed by atoms with van der Waals surface area (Å²) in [5, 5.41) is 2.97. The van der Waals surface area contributed by atoms with Gasteiger partial charge in [-0.15, -0.1) is 0 Å². The second-order valence-electron chi connectivity index (χ2n) is 3.32. The fourth-order valence-electron chi connectivity index (χ4n) is 1.35. The minimum Gasteiger partial charge on any atom is -0.386 e. The van der Waals surface area contributed by atoms with E-state index in [1.165, 1.54) is 5.56 Å². The molecule has 0 fully saturated rings. The van der Waals surface area contributed by atoms with Gasteiger partial charge in [-0.25, -0.2) is 0 Å². The van der Waals surface area contributed by atoms with E-state index in [0.29, 0.717) is 6.54 Å². The molecule has 0 amide bonds. The average molecular weight is 215 g/mol. The maximum absolute atomic E-state index is 4.40. The van der Waals surface area contributed by atoms with Crippen LogP contribution in [0.3, 0.4) is 0 Å². The molecule has 3 nitrogen and oxygen atoms in total. The van der Waals surface area contributed by atoms with Crippen molar-refractivity contribution in [2.24, 2.45) is 9.98 Å². The normalized spacial score (nSPS) is 11.1. The molecule has 0 atom stereocenters. The fourth-order valence-corrected chi connectivity index (χ4v) is 1.35. The molecule has 84 valence electrons. The number of benzene rings is 1. The Kier molecular flexibility index (Phi) is 4.99. The third-order valence-corrected chi connectivity index (χ3v) is 2.14. The van der Waals surface area contributed by atoms with E-state index in [-0.39, 0.29) is 0 Å². The monoisotopic (exact) mass is 215 g/mol. The van der Waals surface area contributed by atoms with Crippen LogP contribution in [0.1, 0.15) is 11.1 Å². The number of aryl methyl sites for hydroxylation is 1. The molecule has 0 unspecified atom stereocenters. The van der Waals surface area contributed by atoms with Gasteiger partial charge in [0, 0.05) is 31.6 Å². The molecular formula is C13H17N3. The van der Waals surface area contributed by atoms with Crippen molar-refractivity contribution in [1.82, 2.24) is 5.32 Å². The summed E-state index contributed by atoms with van der Waals surface area (Å²) in [6.07, 6.45) is 5.31. The minimum atomic E-state index is 0.681. The summed E-state index contributed by atoms with van der Waals surface area (Å²) >= 11 is 0. The van der Waals surface area contributed by atoms with Crippen LogP contribution in [0.2, 0.25) is 0 Å². The smallest absolute Gasteiger partial charge is 0.0716 e. The zero-order chi connectivity index (χ0) is 11.8. The van der Waals surface area contributed by atoms with Gasteiger partial charge in [-0.05, 0) is 24.8 Å². The van der Waals surface area contributed by atoms with E-state index in [9.17, 15) is 0 Å². The summed E-state index contributed by atoms with van der Waals surface area (Å²) in [6.45, 7) is 6.31. The summed E-state index contributed by atoms with van der Waals surface area (Å²) in [5.74, 6) is 0. The Hall–Kier alpha value is -1.90. The van der Waals surface area contributed by atoms with E-state index in [2.05, 4.69) is 34.9 Å². The third kappa shape index (κ3) is 3.35. The Morgan fingerprint density at radius 3 is 2.94 bits per heavy atom. The van der Waals surface area contributed by atoms with E-state index in [0.717, 1.165) is 11.3 Å². The first-order chi connectivity index (χ1) is 7.79. The zero-order valence-electron chi connectivity index (χ0n) is 9.77. The van der Waals surface area contributed by atoms with Gasteiger partial charge >= 0.3 is 0 Å². The third-order valence-electron chi connectivity index (χ3n) is 2.14. The highest BCUT2D eigenvalue weighted by Gasteiger charge is 2.00. The molecule has 0 aliphatic heterocycles. The van der Waals surface area contributed by atoms with Gasteiger partial charge in [0.15, 0.2) is 0 Å². The standard InChI is InChI=1S/C13H17N3/c1-4-15-8-9-16-13-7-5-6-11(2)12(13)10-14-3/h4-7,9-10,15H,1,8H2,2-3H3/b14-10-,16-9+. The largest absolute Gasteiger partial charge is 0.386 e. The first-order valence-electron chi connectivity index (χ1n) is 5.18. The van der Waals surface area contributed by atoms with Gasteiger partial charge < -0.3 is 5.32 Å². The molecule has 0 saturated heterocycles. The molecule has 0 spiro atoms. The van der Waals surface area contributed by atoms with E-state index in [1.807, 2.05) is 24.6 Å².